The summed E-state index contributed by atoms with van der Waals surface area (Å²) in [5, 5.41) is 4.82. The van der Waals surface area contributed by atoms with E-state index in [1.807, 2.05) is 62.4 Å². The van der Waals surface area contributed by atoms with Crippen molar-refractivity contribution in [2.45, 2.75) is 20.4 Å². The lowest BCUT2D eigenvalue weighted by atomic mass is 9.98. The van der Waals surface area contributed by atoms with E-state index in [0.717, 1.165) is 50.3 Å². The van der Waals surface area contributed by atoms with E-state index in [1.54, 1.807) is 0 Å². The molecule has 1 heterocycles. The van der Waals surface area contributed by atoms with Crippen molar-refractivity contribution in [3.05, 3.63) is 211 Å². The summed E-state index contributed by atoms with van der Waals surface area (Å²) < 4.78 is 2.40. The molecule has 1 aromatic heterocycles. The molecule has 0 aliphatic heterocycles. The van der Waals surface area contributed by atoms with Gasteiger partial charge in [0, 0.05) is 51.3 Å². The van der Waals surface area contributed by atoms with Crippen LogP contribution in [0.15, 0.2) is 204 Å². The normalized spacial score (nSPS) is 11.8. The third kappa shape index (κ3) is 7.31. The first kappa shape index (κ1) is 36.7. The summed E-state index contributed by atoms with van der Waals surface area (Å²) in [5.74, 6) is 1.01. The Morgan fingerprint density at radius 3 is 1.89 bits per heavy atom. The van der Waals surface area contributed by atoms with Crippen molar-refractivity contribution in [1.29, 1.82) is 0 Å². The molecule has 8 aromatic carbocycles. The molecule has 9 rings (SSSR count). The lowest BCUT2D eigenvalue weighted by Crippen LogP contribution is -2.16. The summed E-state index contributed by atoms with van der Waals surface area (Å²) in [6, 6.07) is 67.7. The van der Waals surface area contributed by atoms with Gasteiger partial charge in [-0.05, 0) is 59.0 Å². The number of fused-ring (bicyclic) bond motifs is 4. The molecular weight excluding hydrogens is 695 g/mol. The maximum absolute atomic E-state index is 6.58. The number of nitrogens with two attached hydrogens (primary N) is 1. The fourth-order valence-electron chi connectivity index (χ4n) is 7.60. The number of anilines is 2. The highest BCUT2D eigenvalue weighted by Crippen LogP contribution is 2.45. The topological polar surface area (TPSA) is 58.9 Å². The summed E-state index contributed by atoms with van der Waals surface area (Å²) in [7, 11) is 2.18. The predicted molar refractivity (Wildman–Crippen MR) is 243 cm³/mol. The van der Waals surface area contributed by atoms with Gasteiger partial charge in [0.25, 0.3) is 0 Å². The summed E-state index contributed by atoms with van der Waals surface area (Å²) in [5.41, 5.74) is 17.3. The van der Waals surface area contributed by atoms with Crippen LogP contribution in [0.2, 0.25) is 0 Å². The monoisotopic (exact) mass is 739 g/mol. The van der Waals surface area contributed by atoms with Crippen molar-refractivity contribution in [2.75, 3.05) is 11.9 Å². The van der Waals surface area contributed by atoms with Crippen LogP contribution >= 0.6 is 0 Å². The number of hydrogen-bond donors (Lipinski definition) is 1. The zero-order valence-electron chi connectivity index (χ0n) is 32.5. The minimum absolute atomic E-state index is 0.425. The largest absolute Gasteiger partial charge is 0.383 e. The van der Waals surface area contributed by atoms with Gasteiger partial charge in [0.2, 0.25) is 0 Å². The molecule has 5 nitrogen and oxygen atoms in total. The molecule has 9 aromatic rings. The van der Waals surface area contributed by atoms with Crippen molar-refractivity contribution in [3.63, 3.8) is 0 Å². The van der Waals surface area contributed by atoms with E-state index in [-0.39, 0.29) is 0 Å². The van der Waals surface area contributed by atoms with Gasteiger partial charge in [-0.1, -0.05) is 166 Å². The zero-order valence-corrected chi connectivity index (χ0v) is 32.5. The number of nitrogens with zero attached hydrogens (tertiary/aromatic N) is 4. The molecule has 0 unspecified atom stereocenters. The standard InChI is InChI=1S/C50H39N5.C2H6/c1-54(44-27-15-23-36-18-11-12-24-41(36)44)46-33-32-43-42-25-13-14-26-45(42)55(48(43)47(46)37-19-7-3-8-20-37)40-30-28-39(29-31-40)50(52-34-35-16-5-2-6-17-35)53-49(51)38-21-9-4-10-22-38;1-2/h2-33H,34H2,1H3,(H2,51,52,53);1-2H3. The van der Waals surface area contributed by atoms with Crippen LogP contribution < -0.4 is 10.6 Å². The molecule has 0 amide bonds. The fourth-order valence-corrected chi connectivity index (χ4v) is 7.60. The second-order valence-electron chi connectivity index (χ2n) is 13.7. The molecule has 0 fully saturated rings. The van der Waals surface area contributed by atoms with Gasteiger partial charge in [-0.15, -0.1) is 0 Å². The van der Waals surface area contributed by atoms with Crippen LogP contribution in [-0.4, -0.2) is 23.3 Å². The van der Waals surface area contributed by atoms with E-state index in [0.29, 0.717) is 18.2 Å². The Hall–Kier alpha value is -7.24. The van der Waals surface area contributed by atoms with Crippen LogP contribution in [0.4, 0.5) is 11.4 Å². The van der Waals surface area contributed by atoms with Crippen LogP contribution in [0, 0.1) is 0 Å². The fraction of sp³-hybridized carbons (Fsp3) is 0.0769. The van der Waals surface area contributed by atoms with Crippen LogP contribution in [0.25, 0.3) is 49.4 Å². The van der Waals surface area contributed by atoms with Crippen molar-refractivity contribution >= 4 is 55.6 Å². The van der Waals surface area contributed by atoms with Crippen LogP contribution in [0.1, 0.15) is 30.5 Å². The quantitative estimate of drug-likeness (QED) is 0.125. The molecule has 5 heteroatoms. The van der Waals surface area contributed by atoms with E-state index >= 15 is 0 Å². The highest BCUT2D eigenvalue weighted by Gasteiger charge is 2.22. The highest BCUT2D eigenvalue weighted by atomic mass is 15.1. The Kier molecular flexibility index (Phi) is 10.7. The molecular formula is C52H45N5. The van der Waals surface area contributed by atoms with E-state index in [9.17, 15) is 0 Å². The number of benzene rings is 8. The SMILES string of the molecule is CC.CN(c1ccc2c3ccccc3n(-c3ccc(C(N=C(N)c4ccccc4)=NCc4ccccc4)cc3)c2c1-c1ccccc1)c1cccc2ccccc12. The Labute approximate surface area is 334 Å². The zero-order chi connectivity index (χ0) is 39.1. The summed E-state index contributed by atoms with van der Waals surface area (Å²) in [6.45, 7) is 4.49. The van der Waals surface area contributed by atoms with E-state index in [2.05, 4.69) is 162 Å². The summed E-state index contributed by atoms with van der Waals surface area (Å²) in [4.78, 5) is 12.2. The molecule has 0 bridgehead atoms. The molecule has 0 saturated heterocycles. The van der Waals surface area contributed by atoms with Crippen LogP contribution in [-0.2, 0) is 6.54 Å². The molecule has 0 atom stereocenters. The van der Waals surface area contributed by atoms with Crippen LogP contribution in [0.3, 0.4) is 0 Å². The van der Waals surface area contributed by atoms with E-state index < -0.39 is 0 Å². The molecule has 0 saturated carbocycles. The van der Waals surface area contributed by atoms with Crippen LogP contribution in [0.5, 0.6) is 0 Å². The maximum Gasteiger partial charge on any atom is 0.157 e. The number of para-hydroxylation sites is 1. The van der Waals surface area contributed by atoms with Gasteiger partial charge in [-0.3, -0.25) is 4.99 Å². The van der Waals surface area contributed by atoms with Gasteiger partial charge in [0.15, 0.2) is 5.84 Å². The summed E-state index contributed by atoms with van der Waals surface area (Å²) in [6.07, 6.45) is 0. The van der Waals surface area contributed by atoms with Crippen molar-refractivity contribution in [2.24, 2.45) is 15.7 Å². The van der Waals surface area contributed by atoms with Gasteiger partial charge in [-0.25, -0.2) is 4.99 Å². The number of amidine groups is 2. The van der Waals surface area contributed by atoms with Gasteiger partial charge >= 0.3 is 0 Å². The summed E-state index contributed by atoms with van der Waals surface area (Å²) >= 11 is 0. The number of hydrogen-bond acceptors (Lipinski definition) is 2. The third-order valence-corrected chi connectivity index (χ3v) is 10.3. The first-order valence-corrected chi connectivity index (χ1v) is 19.6. The first-order valence-electron chi connectivity index (χ1n) is 19.6. The average Bonchev–Trinajstić information content (AvgIpc) is 3.63. The minimum atomic E-state index is 0.425. The Bertz CT molecular complexity index is 2830. The van der Waals surface area contributed by atoms with Gasteiger partial charge in [-0.2, -0.15) is 0 Å². The molecule has 2 N–H and O–H groups in total. The van der Waals surface area contributed by atoms with Crippen molar-refractivity contribution in [1.82, 2.24) is 4.57 Å². The van der Waals surface area contributed by atoms with Gasteiger partial charge in [0.05, 0.1) is 23.3 Å². The van der Waals surface area contributed by atoms with Crippen molar-refractivity contribution < 1.29 is 0 Å². The van der Waals surface area contributed by atoms with Gasteiger partial charge < -0.3 is 15.2 Å². The maximum atomic E-state index is 6.58. The van der Waals surface area contributed by atoms with E-state index in [1.165, 1.54) is 27.1 Å². The lowest BCUT2D eigenvalue weighted by molar-refractivity contribution is 1.06. The van der Waals surface area contributed by atoms with Gasteiger partial charge in [0.1, 0.15) is 5.84 Å². The smallest absolute Gasteiger partial charge is 0.157 e. The average molecular weight is 740 g/mol. The Morgan fingerprint density at radius 1 is 0.544 bits per heavy atom. The molecule has 0 aliphatic carbocycles. The predicted octanol–water partition coefficient (Wildman–Crippen LogP) is 12.8. The Balaban J connectivity index is 0.00000224. The molecule has 0 radical (unpaired) electrons. The molecule has 0 spiro atoms. The molecule has 0 aliphatic rings. The first-order chi connectivity index (χ1) is 28.1. The van der Waals surface area contributed by atoms with Crippen molar-refractivity contribution in [3.8, 4) is 16.8 Å². The second kappa shape index (κ2) is 16.6. The minimum Gasteiger partial charge on any atom is -0.383 e. The highest BCUT2D eigenvalue weighted by molar-refractivity contribution is 6.17. The van der Waals surface area contributed by atoms with E-state index in [4.69, 9.17) is 15.7 Å². The Morgan fingerprint density at radius 2 is 1.16 bits per heavy atom. The number of aliphatic imine (C=N–C) groups is 2. The number of aromatic nitrogens is 1. The molecule has 278 valence electrons. The number of rotatable bonds is 8. The molecule has 57 heavy (non-hydrogen) atoms. The third-order valence-electron chi connectivity index (χ3n) is 10.3. The second-order valence-corrected chi connectivity index (χ2v) is 13.7. The lowest BCUT2D eigenvalue weighted by Gasteiger charge is -2.26.